The minimum Gasteiger partial charge on any atom is -0.313 e. The lowest BCUT2D eigenvalue weighted by molar-refractivity contribution is 0.299. The topological polar surface area (TPSA) is 15.3 Å². The molecule has 1 aliphatic rings. The van der Waals surface area contributed by atoms with Gasteiger partial charge in [-0.3, -0.25) is 0 Å². The molecule has 0 saturated carbocycles. The van der Waals surface area contributed by atoms with Crippen molar-refractivity contribution in [3.05, 3.63) is 35.6 Å². The molecule has 0 bridgehead atoms. The minimum atomic E-state index is -0.102. The van der Waals surface area contributed by atoms with Crippen molar-refractivity contribution >= 4 is 0 Å². The van der Waals surface area contributed by atoms with E-state index in [9.17, 15) is 4.39 Å². The van der Waals surface area contributed by atoms with E-state index in [1.807, 2.05) is 19.2 Å². The monoisotopic (exact) mass is 264 g/mol. The summed E-state index contributed by atoms with van der Waals surface area (Å²) in [6, 6.07) is 7.20. The number of likely N-dealkylation sites (tertiary alicyclic amines) is 1. The van der Waals surface area contributed by atoms with Gasteiger partial charge in [0, 0.05) is 18.2 Å². The first kappa shape index (κ1) is 14.5. The quantitative estimate of drug-likeness (QED) is 0.849. The average molecular weight is 264 g/mol. The van der Waals surface area contributed by atoms with Crippen molar-refractivity contribution < 1.29 is 4.39 Å². The van der Waals surface area contributed by atoms with Gasteiger partial charge in [-0.05, 0) is 45.0 Å². The summed E-state index contributed by atoms with van der Waals surface area (Å²) in [4.78, 5) is 2.51. The van der Waals surface area contributed by atoms with Crippen LogP contribution in [0, 0.1) is 11.7 Å². The highest BCUT2D eigenvalue weighted by molar-refractivity contribution is 5.21. The molecule has 0 spiro atoms. The summed E-state index contributed by atoms with van der Waals surface area (Å²) < 4.78 is 13.8. The van der Waals surface area contributed by atoms with E-state index in [1.54, 1.807) is 12.1 Å². The molecule has 2 rings (SSSR count). The van der Waals surface area contributed by atoms with Crippen LogP contribution in [0.5, 0.6) is 0 Å². The molecule has 19 heavy (non-hydrogen) atoms. The van der Waals surface area contributed by atoms with E-state index in [1.165, 1.54) is 25.9 Å². The Morgan fingerprint density at radius 2 is 2.21 bits per heavy atom. The normalized spacial score (nSPS) is 21.7. The number of nitrogens with zero attached hydrogens (tertiary/aromatic N) is 1. The Bertz CT molecular complexity index is 394. The molecule has 2 nitrogen and oxygen atoms in total. The van der Waals surface area contributed by atoms with E-state index in [4.69, 9.17) is 0 Å². The second kappa shape index (κ2) is 7.01. The molecule has 1 aromatic carbocycles. The van der Waals surface area contributed by atoms with Crippen LogP contribution < -0.4 is 5.32 Å². The van der Waals surface area contributed by atoms with Crippen molar-refractivity contribution in [3.63, 3.8) is 0 Å². The fourth-order valence-corrected chi connectivity index (χ4v) is 2.97. The zero-order valence-corrected chi connectivity index (χ0v) is 12.0. The standard InChI is InChI=1S/C16H25FN2/c1-3-13-8-10-19(12-13)11-9-16(18-2)14-6-4-5-7-15(14)17/h4-7,13,16,18H,3,8-12H2,1-2H3. The molecule has 0 amide bonds. The molecule has 0 aromatic heterocycles. The molecule has 0 radical (unpaired) electrons. The van der Waals surface area contributed by atoms with Gasteiger partial charge in [0.2, 0.25) is 0 Å². The van der Waals surface area contributed by atoms with E-state index in [0.29, 0.717) is 0 Å². The highest BCUT2D eigenvalue weighted by Crippen LogP contribution is 2.23. The third-order valence-corrected chi connectivity index (χ3v) is 4.31. The largest absolute Gasteiger partial charge is 0.313 e. The Balaban J connectivity index is 1.88. The van der Waals surface area contributed by atoms with Crippen LogP contribution in [0.2, 0.25) is 0 Å². The van der Waals surface area contributed by atoms with Crippen LogP contribution in [0.1, 0.15) is 37.8 Å². The van der Waals surface area contributed by atoms with Gasteiger partial charge >= 0.3 is 0 Å². The van der Waals surface area contributed by atoms with Crippen molar-refractivity contribution in [1.82, 2.24) is 10.2 Å². The molecule has 2 unspecified atom stereocenters. The van der Waals surface area contributed by atoms with Crippen LogP contribution in [0.4, 0.5) is 4.39 Å². The van der Waals surface area contributed by atoms with Crippen LogP contribution in [0.3, 0.4) is 0 Å². The first-order chi connectivity index (χ1) is 9.24. The fraction of sp³-hybridized carbons (Fsp3) is 0.625. The smallest absolute Gasteiger partial charge is 0.127 e. The third-order valence-electron chi connectivity index (χ3n) is 4.31. The minimum absolute atomic E-state index is 0.102. The Morgan fingerprint density at radius 3 is 2.84 bits per heavy atom. The molecule has 1 heterocycles. The first-order valence-corrected chi connectivity index (χ1v) is 7.38. The van der Waals surface area contributed by atoms with Crippen molar-refractivity contribution in [2.75, 3.05) is 26.7 Å². The summed E-state index contributed by atoms with van der Waals surface area (Å²) in [5.41, 5.74) is 0.788. The highest BCUT2D eigenvalue weighted by atomic mass is 19.1. The highest BCUT2D eigenvalue weighted by Gasteiger charge is 2.22. The van der Waals surface area contributed by atoms with Gasteiger partial charge in [0.25, 0.3) is 0 Å². The summed E-state index contributed by atoms with van der Waals surface area (Å²) >= 11 is 0. The molecule has 2 atom stereocenters. The van der Waals surface area contributed by atoms with Gasteiger partial charge in [-0.2, -0.15) is 0 Å². The summed E-state index contributed by atoms with van der Waals surface area (Å²) in [6.45, 7) is 5.73. The number of nitrogens with one attached hydrogen (secondary N) is 1. The Morgan fingerprint density at radius 1 is 1.42 bits per heavy atom. The number of halogens is 1. The van der Waals surface area contributed by atoms with Gasteiger partial charge in [-0.25, -0.2) is 4.39 Å². The maximum absolute atomic E-state index is 13.8. The fourth-order valence-electron chi connectivity index (χ4n) is 2.97. The first-order valence-electron chi connectivity index (χ1n) is 7.38. The Labute approximate surface area is 116 Å². The van der Waals surface area contributed by atoms with Gasteiger partial charge in [-0.1, -0.05) is 31.5 Å². The summed E-state index contributed by atoms with van der Waals surface area (Å²) in [7, 11) is 1.91. The number of hydrogen-bond acceptors (Lipinski definition) is 2. The molecule has 1 aliphatic heterocycles. The van der Waals surface area contributed by atoms with Crippen molar-refractivity contribution in [1.29, 1.82) is 0 Å². The van der Waals surface area contributed by atoms with Gasteiger partial charge < -0.3 is 10.2 Å². The van der Waals surface area contributed by atoms with Crippen molar-refractivity contribution in [3.8, 4) is 0 Å². The lowest BCUT2D eigenvalue weighted by Crippen LogP contribution is -2.27. The molecule has 1 saturated heterocycles. The summed E-state index contributed by atoms with van der Waals surface area (Å²) in [6.07, 6.45) is 3.56. The van der Waals surface area contributed by atoms with E-state index in [-0.39, 0.29) is 11.9 Å². The van der Waals surface area contributed by atoms with Crippen molar-refractivity contribution in [2.45, 2.75) is 32.2 Å². The number of rotatable bonds is 6. The zero-order valence-electron chi connectivity index (χ0n) is 12.0. The van der Waals surface area contributed by atoms with Gasteiger partial charge in [0.05, 0.1) is 0 Å². The van der Waals surface area contributed by atoms with E-state index >= 15 is 0 Å². The third kappa shape index (κ3) is 3.77. The second-order valence-corrected chi connectivity index (χ2v) is 5.52. The van der Waals surface area contributed by atoms with Crippen molar-refractivity contribution in [2.24, 2.45) is 5.92 Å². The predicted molar refractivity (Wildman–Crippen MR) is 77.7 cm³/mol. The van der Waals surface area contributed by atoms with E-state index in [2.05, 4.69) is 17.1 Å². The maximum Gasteiger partial charge on any atom is 0.127 e. The lowest BCUT2D eigenvalue weighted by Gasteiger charge is -2.21. The Hall–Kier alpha value is -0.930. The van der Waals surface area contributed by atoms with E-state index in [0.717, 1.165) is 24.4 Å². The molecular formula is C16H25FN2. The molecule has 0 aliphatic carbocycles. The predicted octanol–water partition coefficient (Wildman–Crippen LogP) is 3.21. The van der Waals surface area contributed by atoms with Crippen LogP contribution in [0.15, 0.2) is 24.3 Å². The van der Waals surface area contributed by atoms with E-state index < -0.39 is 0 Å². The van der Waals surface area contributed by atoms with Crippen LogP contribution in [-0.2, 0) is 0 Å². The Kier molecular flexibility index (Phi) is 5.34. The maximum atomic E-state index is 13.8. The summed E-state index contributed by atoms with van der Waals surface area (Å²) in [5, 5.41) is 3.24. The second-order valence-electron chi connectivity index (χ2n) is 5.52. The summed E-state index contributed by atoms with van der Waals surface area (Å²) in [5.74, 6) is 0.760. The van der Waals surface area contributed by atoms with Crippen LogP contribution >= 0.6 is 0 Å². The van der Waals surface area contributed by atoms with Gasteiger partial charge in [0.1, 0.15) is 5.82 Å². The zero-order chi connectivity index (χ0) is 13.7. The van der Waals surface area contributed by atoms with Crippen LogP contribution in [-0.4, -0.2) is 31.6 Å². The molecule has 1 fully saturated rings. The number of benzene rings is 1. The number of hydrogen-bond donors (Lipinski definition) is 1. The SMILES string of the molecule is CCC1CCN(CCC(NC)c2ccccc2F)C1. The lowest BCUT2D eigenvalue weighted by atomic mass is 10.0. The van der Waals surface area contributed by atoms with Gasteiger partial charge in [-0.15, -0.1) is 0 Å². The molecule has 106 valence electrons. The molecule has 1 aromatic rings. The molecule has 3 heteroatoms. The van der Waals surface area contributed by atoms with Crippen LogP contribution in [0.25, 0.3) is 0 Å². The van der Waals surface area contributed by atoms with Gasteiger partial charge in [0.15, 0.2) is 0 Å². The molecule has 1 N–H and O–H groups in total. The molecular weight excluding hydrogens is 239 g/mol. The average Bonchev–Trinajstić information content (AvgIpc) is 2.89.